The maximum absolute atomic E-state index is 12.6. The van der Waals surface area contributed by atoms with Gasteiger partial charge in [-0.1, -0.05) is 6.92 Å². The number of hydrogen-bond acceptors (Lipinski definition) is 4. The monoisotopic (exact) mass is 227 g/mol. The lowest BCUT2D eigenvalue weighted by Crippen LogP contribution is -2.23. The van der Waals surface area contributed by atoms with Gasteiger partial charge in [-0.05, 0) is 6.54 Å². The molecule has 1 aromatic rings. The molecule has 0 aliphatic carbocycles. The normalized spacial score (nSPS) is 12.4. The molecule has 0 unspecified atom stereocenters. The quantitative estimate of drug-likeness (QED) is 0.775. The summed E-state index contributed by atoms with van der Waals surface area (Å²) in [5.74, 6) is -5.89. The van der Waals surface area contributed by atoms with Crippen molar-refractivity contribution in [2.24, 2.45) is 0 Å². The van der Waals surface area contributed by atoms with E-state index in [1.54, 1.807) is 6.92 Å². The van der Waals surface area contributed by atoms with Gasteiger partial charge in [0.25, 0.3) is 5.89 Å². The second kappa shape index (κ2) is 4.56. The lowest BCUT2D eigenvalue weighted by atomic mass is 10.3. The molecule has 0 fully saturated rings. The van der Waals surface area contributed by atoms with E-state index in [1.807, 2.05) is 0 Å². The van der Waals surface area contributed by atoms with Crippen molar-refractivity contribution >= 4 is 0 Å². The molecule has 1 rings (SSSR count). The number of rotatable bonds is 5. The summed E-state index contributed by atoms with van der Waals surface area (Å²) >= 11 is 0. The van der Waals surface area contributed by atoms with Crippen LogP contribution < -0.4 is 5.32 Å². The van der Waals surface area contributed by atoms with Gasteiger partial charge in [0.1, 0.15) is 0 Å². The van der Waals surface area contributed by atoms with Crippen LogP contribution >= 0.6 is 0 Å². The molecule has 0 saturated heterocycles. The highest BCUT2D eigenvalue weighted by Crippen LogP contribution is 2.33. The highest BCUT2D eigenvalue weighted by Gasteiger charge is 2.48. The van der Waals surface area contributed by atoms with Crippen LogP contribution in [0.1, 0.15) is 18.7 Å². The molecule has 0 saturated carbocycles. The predicted octanol–water partition coefficient (Wildman–Crippen LogP) is 1.54. The summed E-state index contributed by atoms with van der Waals surface area (Å²) in [5, 5.41) is 8.82. The first kappa shape index (κ1) is 11.9. The van der Waals surface area contributed by atoms with Gasteiger partial charge in [-0.3, -0.25) is 0 Å². The molecular weight excluding hydrogens is 218 g/mol. The molecule has 0 aromatic carbocycles. The van der Waals surface area contributed by atoms with E-state index < -0.39 is 18.2 Å². The average molecular weight is 227 g/mol. The fourth-order valence-electron chi connectivity index (χ4n) is 0.785. The summed E-state index contributed by atoms with van der Waals surface area (Å²) in [4.78, 5) is 0. The van der Waals surface area contributed by atoms with Crippen molar-refractivity contribution in [2.75, 3.05) is 6.54 Å². The Balaban J connectivity index is 2.75. The number of hydrogen-bond donors (Lipinski definition) is 1. The van der Waals surface area contributed by atoms with Gasteiger partial charge in [0.05, 0.1) is 6.54 Å². The number of nitrogens with one attached hydrogen (secondary N) is 1. The predicted molar refractivity (Wildman–Crippen MR) is 41.6 cm³/mol. The van der Waals surface area contributed by atoms with Crippen LogP contribution in [0.4, 0.5) is 17.6 Å². The maximum Gasteiger partial charge on any atom is 0.382 e. The molecule has 4 nitrogen and oxygen atoms in total. The van der Waals surface area contributed by atoms with Gasteiger partial charge in [-0.15, -0.1) is 10.2 Å². The van der Waals surface area contributed by atoms with E-state index in [2.05, 4.69) is 19.9 Å². The highest BCUT2D eigenvalue weighted by molar-refractivity contribution is 4.92. The Labute approximate surface area is 82.7 Å². The van der Waals surface area contributed by atoms with Crippen LogP contribution in [0.15, 0.2) is 4.42 Å². The summed E-state index contributed by atoms with van der Waals surface area (Å²) in [6, 6.07) is 0. The average Bonchev–Trinajstić information content (AvgIpc) is 2.63. The summed E-state index contributed by atoms with van der Waals surface area (Å²) in [6.07, 6.45) is -3.86. The van der Waals surface area contributed by atoms with Crippen LogP contribution in [-0.2, 0) is 12.5 Å². The third-order valence-corrected chi connectivity index (χ3v) is 1.55. The van der Waals surface area contributed by atoms with Crippen molar-refractivity contribution in [3.05, 3.63) is 11.8 Å². The zero-order valence-electron chi connectivity index (χ0n) is 7.81. The van der Waals surface area contributed by atoms with Crippen molar-refractivity contribution in [1.29, 1.82) is 0 Å². The number of aromatic nitrogens is 2. The Kier molecular flexibility index (Phi) is 3.61. The molecule has 0 atom stereocenters. The van der Waals surface area contributed by atoms with E-state index in [0.29, 0.717) is 6.54 Å². The van der Waals surface area contributed by atoms with E-state index in [9.17, 15) is 17.6 Å². The summed E-state index contributed by atoms with van der Waals surface area (Å²) < 4.78 is 53.4. The van der Waals surface area contributed by atoms with Crippen LogP contribution in [0, 0.1) is 0 Å². The molecule has 1 heterocycles. The van der Waals surface area contributed by atoms with Crippen LogP contribution in [0.25, 0.3) is 0 Å². The van der Waals surface area contributed by atoms with Gasteiger partial charge >= 0.3 is 12.3 Å². The van der Waals surface area contributed by atoms with Gasteiger partial charge in [0, 0.05) is 0 Å². The second-order valence-corrected chi connectivity index (χ2v) is 2.70. The standard InChI is InChI=1S/C7H9F4N3O/c1-2-12-3-4-13-14-6(15-4)7(10,11)5(8)9/h5,12H,2-3H2,1H3. The molecule has 0 aliphatic rings. The largest absolute Gasteiger partial charge is 0.418 e. The summed E-state index contributed by atoms with van der Waals surface area (Å²) in [5.41, 5.74) is 0. The van der Waals surface area contributed by atoms with Crippen LogP contribution in [0.5, 0.6) is 0 Å². The molecule has 8 heteroatoms. The third kappa shape index (κ3) is 2.65. The molecule has 0 radical (unpaired) electrons. The first-order valence-corrected chi connectivity index (χ1v) is 4.18. The smallest absolute Gasteiger partial charge is 0.382 e. The molecule has 0 aliphatic heterocycles. The molecule has 15 heavy (non-hydrogen) atoms. The zero-order valence-corrected chi connectivity index (χ0v) is 7.81. The van der Waals surface area contributed by atoms with Crippen molar-refractivity contribution in [2.45, 2.75) is 25.8 Å². The zero-order chi connectivity index (χ0) is 11.5. The third-order valence-electron chi connectivity index (χ3n) is 1.55. The minimum atomic E-state index is -4.39. The van der Waals surface area contributed by atoms with E-state index in [0.717, 1.165) is 0 Å². The van der Waals surface area contributed by atoms with Gasteiger partial charge in [-0.25, -0.2) is 8.78 Å². The van der Waals surface area contributed by atoms with E-state index in [-0.39, 0.29) is 12.4 Å². The van der Waals surface area contributed by atoms with Gasteiger partial charge in [0.2, 0.25) is 5.89 Å². The van der Waals surface area contributed by atoms with Gasteiger partial charge < -0.3 is 9.73 Å². The summed E-state index contributed by atoms with van der Waals surface area (Å²) in [6.45, 7) is 2.43. The SMILES string of the molecule is CCNCc1nnc(C(F)(F)C(F)F)o1. The number of alkyl halides is 4. The molecule has 86 valence electrons. The first-order chi connectivity index (χ1) is 6.98. The second-order valence-electron chi connectivity index (χ2n) is 2.70. The van der Waals surface area contributed by atoms with Crippen molar-refractivity contribution in [3.8, 4) is 0 Å². The minimum absolute atomic E-state index is 0.0722. The topological polar surface area (TPSA) is 51.0 Å². The fourth-order valence-corrected chi connectivity index (χ4v) is 0.785. The number of halogens is 4. The Hall–Kier alpha value is -1.18. The Morgan fingerprint density at radius 1 is 1.40 bits per heavy atom. The first-order valence-electron chi connectivity index (χ1n) is 4.18. The van der Waals surface area contributed by atoms with Crippen LogP contribution in [0.2, 0.25) is 0 Å². The van der Waals surface area contributed by atoms with Gasteiger partial charge in [0.15, 0.2) is 0 Å². The van der Waals surface area contributed by atoms with Gasteiger partial charge in [-0.2, -0.15) is 8.78 Å². The Morgan fingerprint density at radius 3 is 2.60 bits per heavy atom. The van der Waals surface area contributed by atoms with Crippen molar-refractivity contribution in [3.63, 3.8) is 0 Å². The Bertz CT molecular complexity index is 315. The van der Waals surface area contributed by atoms with E-state index in [4.69, 9.17) is 0 Å². The molecule has 0 bridgehead atoms. The lowest BCUT2D eigenvalue weighted by molar-refractivity contribution is -0.151. The number of nitrogens with zero attached hydrogens (tertiary/aromatic N) is 2. The molecule has 1 N–H and O–H groups in total. The van der Waals surface area contributed by atoms with E-state index >= 15 is 0 Å². The van der Waals surface area contributed by atoms with E-state index in [1.165, 1.54) is 0 Å². The fraction of sp³-hybridized carbons (Fsp3) is 0.714. The molecular formula is C7H9F4N3O. The minimum Gasteiger partial charge on any atom is -0.418 e. The maximum atomic E-state index is 12.6. The highest BCUT2D eigenvalue weighted by atomic mass is 19.3. The molecule has 1 aromatic heterocycles. The molecule has 0 amide bonds. The Morgan fingerprint density at radius 2 is 2.07 bits per heavy atom. The van der Waals surface area contributed by atoms with Crippen LogP contribution in [-0.4, -0.2) is 23.2 Å². The lowest BCUT2D eigenvalue weighted by Gasteiger charge is -2.09. The van der Waals surface area contributed by atoms with Crippen LogP contribution in [0.3, 0.4) is 0 Å². The van der Waals surface area contributed by atoms with Crippen molar-refractivity contribution < 1.29 is 22.0 Å². The summed E-state index contributed by atoms with van der Waals surface area (Å²) in [7, 11) is 0. The van der Waals surface area contributed by atoms with Crippen molar-refractivity contribution in [1.82, 2.24) is 15.5 Å². The molecule has 0 spiro atoms.